The lowest BCUT2D eigenvalue weighted by Crippen LogP contribution is -2.03. The second-order valence-electron chi connectivity index (χ2n) is 3.15. The first-order chi connectivity index (χ1) is 7.80. The molecule has 0 saturated heterocycles. The zero-order chi connectivity index (χ0) is 11.5. The van der Waals surface area contributed by atoms with Crippen molar-refractivity contribution in [3.8, 4) is 12.1 Å². The first-order valence-electron chi connectivity index (χ1n) is 4.58. The molecule has 0 atom stereocenters. The summed E-state index contributed by atoms with van der Waals surface area (Å²) in [7, 11) is 0. The largest absolute Gasteiger partial charge is 0.394 e. The molecule has 1 heterocycles. The van der Waals surface area contributed by atoms with E-state index < -0.39 is 0 Å². The fourth-order valence-electron chi connectivity index (χ4n) is 1.46. The van der Waals surface area contributed by atoms with Crippen LogP contribution in [-0.2, 0) is 6.54 Å². The summed E-state index contributed by atoms with van der Waals surface area (Å²) in [6.45, 7) is 0.258. The van der Waals surface area contributed by atoms with E-state index in [0.717, 1.165) is 0 Å². The fourth-order valence-corrected chi connectivity index (χ4v) is 1.46. The minimum atomic E-state index is -0.0552. The number of hydrogen-bond acceptors (Lipinski definition) is 5. The van der Waals surface area contributed by atoms with E-state index >= 15 is 0 Å². The molecule has 0 unspecified atom stereocenters. The molecule has 0 fully saturated rings. The van der Waals surface area contributed by atoms with Crippen molar-refractivity contribution in [1.29, 1.82) is 10.5 Å². The minimum absolute atomic E-state index is 0.0552. The Labute approximate surface area is 90.9 Å². The van der Waals surface area contributed by atoms with Crippen LogP contribution in [0.2, 0.25) is 0 Å². The third-order valence-corrected chi connectivity index (χ3v) is 2.21. The van der Waals surface area contributed by atoms with Crippen LogP contribution < -0.4 is 0 Å². The van der Waals surface area contributed by atoms with Gasteiger partial charge >= 0.3 is 0 Å². The van der Waals surface area contributed by atoms with Gasteiger partial charge in [-0.05, 0) is 12.1 Å². The highest BCUT2D eigenvalue weighted by atomic mass is 16.3. The molecule has 2 aromatic rings. The Kier molecular flexibility index (Phi) is 2.50. The second-order valence-corrected chi connectivity index (χ2v) is 3.15. The van der Waals surface area contributed by atoms with Gasteiger partial charge in [0.2, 0.25) is 0 Å². The molecule has 0 aliphatic rings. The van der Waals surface area contributed by atoms with E-state index in [1.165, 1.54) is 10.7 Å². The molecule has 6 nitrogen and oxygen atoms in total. The van der Waals surface area contributed by atoms with Gasteiger partial charge in [0.25, 0.3) is 0 Å². The molecule has 0 amide bonds. The summed E-state index contributed by atoms with van der Waals surface area (Å²) in [6, 6.07) is 6.96. The topological polar surface area (TPSA) is 98.5 Å². The number of nitrogens with zero attached hydrogens (tertiary/aromatic N) is 5. The molecule has 0 aliphatic carbocycles. The monoisotopic (exact) mass is 213 g/mol. The number of nitriles is 2. The molecule has 1 N–H and O–H groups in total. The molecular weight excluding hydrogens is 206 g/mol. The van der Waals surface area contributed by atoms with Crippen molar-refractivity contribution in [2.24, 2.45) is 0 Å². The van der Waals surface area contributed by atoms with E-state index in [0.29, 0.717) is 17.6 Å². The van der Waals surface area contributed by atoms with Crippen LogP contribution in [-0.4, -0.2) is 26.7 Å². The predicted octanol–water partition coefficient (Wildman–Crippen LogP) is 0.167. The van der Waals surface area contributed by atoms with Gasteiger partial charge < -0.3 is 5.11 Å². The van der Waals surface area contributed by atoms with Gasteiger partial charge in [-0.3, -0.25) is 0 Å². The lowest BCUT2D eigenvalue weighted by Gasteiger charge is -1.99. The van der Waals surface area contributed by atoms with Crippen LogP contribution in [0.3, 0.4) is 0 Å². The van der Waals surface area contributed by atoms with E-state index in [1.807, 2.05) is 12.1 Å². The van der Waals surface area contributed by atoms with Crippen molar-refractivity contribution in [3.05, 3.63) is 23.3 Å². The molecule has 1 aromatic carbocycles. The van der Waals surface area contributed by atoms with Gasteiger partial charge in [0.1, 0.15) is 17.7 Å². The molecule has 0 aliphatic heterocycles. The van der Waals surface area contributed by atoms with Crippen molar-refractivity contribution in [1.82, 2.24) is 15.0 Å². The molecule has 6 heteroatoms. The standard InChI is InChI=1S/C10H7N5O/c11-5-7-3-9-10(4-8(7)6-12)15(1-2-16)14-13-9/h3-4,16H,1-2H2. The summed E-state index contributed by atoms with van der Waals surface area (Å²) < 4.78 is 1.50. The summed E-state index contributed by atoms with van der Waals surface area (Å²) in [5.41, 5.74) is 1.76. The van der Waals surface area contributed by atoms with Crippen LogP contribution in [0, 0.1) is 22.7 Å². The molecule has 2 rings (SSSR count). The Morgan fingerprint density at radius 3 is 2.56 bits per heavy atom. The van der Waals surface area contributed by atoms with E-state index in [1.54, 1.807) is 6.07 Å². The molecule has 0 saturated carbocycles. The Bertz CT molecular complexity index is 616. The Hall–Kier alpha value is -2.44. The maximum Gasteiger partial charge on any atom is 0.114 e. The third kappa shape index (κ3) is 1.48. The number of hydrogen-bond donors (Lipinski definition) is 1. The maximum atomic E-state index is 8.87. The minimum Gasteiger partial charge on any atom is -0.394 e. The number of aliphatic hydroxyl groups excluding tert-OH is 1. The zero-order valence-corrected chi connectivity index (χ0v) is 8.25. The van der Waals surface area contributed by atoms with Crippen LogP contribution in [0.4, 0.5) is 0 Å². The first kappa shape index (κ1) is 10.1. The third-order valence-electron chi connectivity index (χ3n) is 2.21. The van der Waals surface area contributed by atoms with Gasteiger partial charge in [0.15, 0.2) is 0 Å². The smallest absolute Gasteiger partial charge is 0.114 e. The molecule has 1 aromatic heterocycles. The van der Waals surface area contributed by atoms with Crippen molar-refractivity contribution in [2.75, 3.05) is 6.61 Å². The summed E-state index contributed by atoms with van der Waals surface area (Å²) in [6.07, 6.45) is 0. The lowest BCUT2D eigenvalue weighted by atomic mass is 10.1. The summed E-state index contributed by atoms with van der Waals surface area (Å²) in [5, 5.41) is 34.2. The molecule has 16 heavy (non-hydrogen) atoms. The molecule has 0 spiro atoms. The highest BCUT2D eigenvalue weighted by molar-refractivity contribution is 5.78. The van der Waals surface area contributed by atoms with Crippen LogP contribution >= 0.6 is 0 Å². The fraction of sp³-hybridized carbons (Fsp3) is 0.200. The molecule has 78 valence electrons. The average Bonchev–Trinajstić information content (AvgIpc) is 2.70. The van der Waals surface area contributed by atoms with E-state index in [4.69, 9.17) is 15.6 Å². The van der Waals surface area contributed by atoms with Crippen molar-refractivity contribution in [2.45, 2.75) is 6.54 Å². The number of aromatic nitrogens is 3. The highest BCUT2D eigenvalue weighted by Crippen LogP contribution is 2.17. The maximum absolute atomic E-state index is 8.87. The van der Waals surface area contributed by atoms with Gasteiger partial charge in [-0.1, -0.05) is 5.21 Å². The summed E-state index contributed by atoms with van der Waals surface area (Å²) >= 11 is 0. The van der Waals surface area contributed by atoms with E-state index in [9.17, 15) is 0 Å². The van der Waals surface area contributed by atoms with Crippen molar-refractivity contribution in [3.63, 3.8) is 0 Å². The van der Waals surface area contributed by atoms with Crippen LogP contribution in [0.15, 0.2) is 12.1 Å². The summed E-state index contributed by atoms with van der Waals surface area (Å²) in [4.78, 5) is 0. The van der Waals surface area contributed by atoms with Crippen molar-refractivity contribution >= 4 is 11.0 Å². The van der Waals surface area contributed by atoms with Gasteiger partial charge in [0.05, 0.1) is 29.8 Å². The zero-order valence-electron chi connectivity index (χ0n) is 8.25. The average molecular weight is 213 g/mol. The molecular formula is C10H7N5O. The number of benzene rings is 1. The predicted molar refractivity (Wildman–Crippen MR) is 54.0 cm³/mol. The Morgan fingerprint density at radius 1 is 1.25 bits per heavy atom. The van der Waals surface area contributed by atoms with E-state index in [2.05, 4.69) is 10.3 Å². The van der Waals surface area contributed by atoms with Crippen molar-refractivity contribution < 1.29 is 5.11 Å². The van der Waals surface area contributed by atoms with Crippen LogP contribution in [0.5, 0.6) is 0 Å². The summed E-state index contributed by atoms with van der Waals surface area (Å²) in [5.74, 6) is 0. The molecule has 0 radical (unpaired) electrons. The number of rotatable bonds is 2. The van der Waals surface area contributed by atoms with Crippen LogP contribution in [0.25, 0.3) is 11.0 Å². The van der Waals surface area contributed by atoms with Gasteiger partial charge in [-0.2, -0.15) is 10.5 Å². The van der Waals surface area contributed by atoms with E-state index in [-0.39, 0.29) is 17.7 Å². The number of fused-ring (bicyclic) bond motifs is 1. The Balaban J connectivity index is 2.69. The second kappa shape index (κ2) is 3.97. The van der Waals surface area contributed by atoms with Gasteiger partial charge in [-0.15, -0.1) is 5.10 Å². The normalized spacial score (nSPS) is 9.94. The van der Waals surface area contributed by atoms with Gasteiger partial charge in [0, 0.05) is 0 Å². The highest BCUT2D eigenvalue weighted by Gasteiger charge is 2.09. The molecule has 0 bridgehead atoms. The lowest BCUT2D eigenvalue weighted by molar-refractivity contribution is 0.270. The van der Waals surface area contributed by atoms with Gasteiger partial charge in [-0.25, -0.2) is 4.68 Å². The first-order valence-corrected chi connectivity index (χ1v) is 4.58. The quantitative estimate of drug-likeness (QED) is 0.766. The van der Waals surface area contributed by atoms with Crippen LogP contribution in [0.1, 0.15) is 11.1 Å². The SMILES string of the molecule is N#Cc1cc2nnn(CCO)c2cc1C#N. The number of aliphatic hydroxyl groups is 1. The Morgan fingerprint density at radius 2 is 1.94 bits per heavy atom.